The van der Waals surface area contributed by atoms with Gasteiger partial charge in [-0.2, -0.15) is 0 Å². The second-order valence-electron chi connectivity index (χ2n) is 20.4. The van der Waals surface area contributed by atoms with Gasteiger partial charge < -0.3 is 0 Å². The number of benzene rings is 4. The van der Waals surface area contributed by atoms with Gasteiger partial charge in [0, 0.05) is 0 Å². The summed E-state index contributed by atoms with van der Waals surface area (Å²) in [6.07, 6.45) is 12.5. The predicted octanol–water partition coefficient (Wildman–Crippen LogP) is 14.4. The molecule has 0 radical (unpaired) electrons. The third kappa shape index (κ3) is 5.21. The van der Waals surface area contributed by atoms with Gasteiger partial charge in [-0.25, -0.2) is 0 Å². The van der Waals surface area contributed by atoms with Gasteiger partial charge in [0.1, 0.15) is 0 Å². The molecule has 1 heteroatoms. The number of hydrogen-bond donors (Lipinski definition) is 0. The van der Waals surface area contributed by atoms with Gasteiger partial charge in [-0.05, 0) is 0 Å². The molecule has 2 aliphatic carbocycles. The van der Waals surface area contributed by atoms with Gasteiger partial charge in [0.05, 0.1) is 0 Å². The van der Waals surface area contributed by atoms with Crippen molar-refractivity contribution in [3.63, 3.8) is 0 Å². The van der Waals surface area contributed by atoms with Crippen molar-refractivity contribution in [2.45, 2.75) is 104 Å². The Labute approximate surface area is 286 Å². The van der Waals surface area contributed by atoms with Crippen LogP contribution in [0.5, 0.6) is 0 Å². The fraction of sp³-hybridized carbons (Fsp3) is 0.383. The molecule has 0 saturated carbocycles. The summed E-state index contributed by atoms with van der Waals surface area (Å²) >= 11 is -5.33. The molecule has 6 rings (SSSR count). The molecule has 0 N–H and O–H groups in total. The zero-order valence-electron chi connectivity index (χ0n) is 31.6. The zero-order valence-corrected chi connectivity index (χ0v) is 35.2. The van der Waals surface area contributed by atoms with Crippen molar-refractivity contribution in [2.75, 3.05) is 0 Å². The van der Waals surface area contributed by atoms with Gasteiger partial charge in [0.15, 0.2) is 0 Å². The average molecular weight is 803 g/mol. The molecule has 2 unspecified atom stereocenters. The third-order valence-corrected chi connectivity index (χ3v) is 58.3. The first kappa shape index (κ1) is 34.9. The molecule has 0 nitrogen and oxygen atoms in total. The van der Waals surface area contributed by atoms with Crippen LogP contribution in [0.25, 0.3) is 34.4 Å². The molecule has 0 heterocycles. The normalized spacial score (nSPS) is 19.7. The molecule has 252 valence electrons. The van der Waals surface area contributed by atoms with Crippen LogP contribution >= 0.6 is 0 Å². The molecule has 0 fully saturated rings. The Balaban J connectivity index is 1.58. The van der Waals surface area contributed by atoms with Gasteiger partial charge in [0.2, 0.25) is 0 Å². The Morgan fingerprint density at radius 2 is 0.938 bits per heavy atom. The van der Waals surface area contributed by atoms with Crippen LogP contribution in [0.4, 0.5) is 0 Å². The fourth-order valence-electron chi connectivity index (χ4n) is 11.1. The topological polar surface area (TPSA) is 0 Å². The van der Waals surface area contributed by atoms with Crippen molar-refractivity contribution < 1.29 is 15.1 Å². The first-order chi connectivity index (χ1) is 22.3. The predicted molar refractivity (Wildman–Crippen MR) is 214 cm³/mol. The van der Waals surface area contributed by atoms with Gasteiger partial charge in [0.25, 0.3) is 0 Å². The van der Waals surface area contributed by atoms with Crippen molar-refractivity contribution in [1.29, 1.82) is 0 Å². The summed E-state index contributed by atoms with van der Waals surface area (Å²) in [4.78, 5) is 0. The molecule has 2 atom stereocenters. The first-order valence-corrected chi connectivity index (χ1v) is 37.6. The van der Waals surface area contributed by atoms with E-state index in [1.54, 1.807) is 0 Å². The van der Waals surface area contributed by atoms with Crippen molar-refractivity contribution in [2.24, 2.45) is 0 Å². The van der Waals surface area contributed by atoms with Crippen LogP contribution in [0.2, 0.25) is 17.7 Å². The minimum atomic E-state index is -5.33. The number of allylic oxidation sites excluding steroid dienone is 2. The molecule has 48 heavy (non-hydrogen) atoms. The van der Waals surface area contributed by atoms with Crippen LogP contribution in [0.1, 0.15) is 109 Å². The summed E-state index contributed by atoms with van der Waals surface area (Å²) in [5.41, 5.74) is 14.1. The monoisotopic (exact) mass is 804 g/mol. The molecule has 0 aromatic heterocycles. The Bertz CT molecular complexity index is 1960. The van der Waals surface area contributed by atoms with E-state index in [0.717, 1.165) is 12.8 Å². The Morgan fingerprint density at radius 1 is 0.562 bits per heavy atom. The van der Waals surface area contributed by atoms with Crippen molar-refractivity contribution in [3.05, 3.63) is 130 Å². The summed E-state index contributed by atoms with van der Waals surface area (Å²) in [6, 6.07) is 32.7. The van der Waals surface area contributed by atoms with E-state index in [2.05, 4.69) is 174 Å². The van der Waals surface area contributed by atoms with Crippen LogP contribution < -0.4 is 0 Å². The Morgan fingerprint density at radius 3 is 1.29 bits per heavy atom. The molecule has 2 aliphatic rings. The van der Waals surface area contributed by atoms with E-state index in [-0.39, 0.29) is 10.8 Å². The molecular weight excluding hydrogens is 743 g/mol. The summed E-state index contributed by atoms with van der Waals surface area (Å²) in [7, 11) is 0. The van der Waals surface area contributed by atoms with Crippen molar-refractivity contribution in [1.82, 2.24) is 0 Å². The van der Waals surface area contributed by atoms with E-state index in [9.17, 15) is 0 Å². The van der Waals surface area contributed by atoms with Crippen molar-refractivity contribution in [3.8, 4) is 22.3 Å². The quantitative estimate of drug-likeness (QED) is 0.156. The molecule has 0 spiro atoms. The second kappa shape index (κ2) is 10.6. The second-order valence-corrected chi connectivity index (χ2v) is 71.0. The number of hydrogen-bond acceptors (Lipinski definition) is 0. The van der Waals surface area contributed by atoms with E-state index in [1.165, 1.54) is 64.0 Å². The van der Waals surface area contributed by atoms with Crippen molar-refractivity contribution >= 4 is 16.4 Å². The average Bonchev–Trinajstić information content (AvgIpc) is 3.68. The maximum atomic E-state index is 5.90. The summed E-state index contributed by atoms with van der Waals surface area (Å²) in [5.74, 6) is 0. The molecule has 0 amide bonds. The number of fused-ring (bicyclic) bond motifs is 2. The van der Waals surface area contributed by atoms with Crippen LogP contribution in [0.3, 0.4) is 0 Å². The number of rotatable bonds is 8. The molecule has 0 saturated heterocycles. The Kier molecular flexibility index (Phi) is 7.68. The minimum absolute atomic E-state index is 0.104. The van der Waals surface area contributed by atoms with Crippen LogP contribution in [0.15, 0.2) is 97.1 Å². The SMILES string of the molecule is [CH2]=[Hf]([CH3])([CH3])([CH2]CC)([CH2]CC)([CH]1C=Cc2c(-c3cccc(C(C)(C)C)c3)cccc21)[CH]1C=Cc2c(-c3cccc(C(C)(C)C)c3)cccc21. The fourth-order valence-corrected chi connectivity index (χ4v) is 53.7. The molecular formula is C47H60Hf. The molecule has 4 aromatic rings. The summed E-state index contributed by atoms with van der Waals surface area (Å²) in [5, 5.41) is 0. The van der Waals surface area contributed by atoms with E-state index >= 15 is 0 Å². The van der Waals surface area contributed by atoms with Crippen LogP contribution in [-0.2, 0) is 25.9 Å². The molecule has 0 aliphatic heterocycles. The molecule has 4 aromatic carbocycles. The summed E-state index contributed by atoms with van der Waals surface area (Å²) < 4.78 is 14.5. The van der Waals surface area contributed by atoms with E-state index in [0.29, 0.717) is 7.35 Å². The van der Waals surface area contributed by atoms with Crippen LogP contribution in [-0.4, -0.2) is 4.26 Å². The van der Waals surface area contributed by atoms with Crippen LogP contribution in [0, 0.1) is 0 Å². The van der Waals surface area contributed by atoms with Gasteiger partial charge >= 0.3 is 288 Å². The van der Waals surface area contributed by atoms with Gasteiger partial charge in [-0.3, -0.25) is 0 Å². The summed E-state index contributed by atoms with van der Waals surface area (Å²) in [6.45, 7) is 18.7. The molecule has 0 bridgehead atoms. The third-order valence-electron chi connectivity index (χ3n) is 13.6. The van der Waals surface area contributed by atoms with Gasteiger partial charge in [-0.1, -0.05) is 0 Å². The van der Waals surface area contributed by atoms with E-state index in [1.807, 2.05) is 0 Å². The standard InChI is InChI=1S/2C19H19.2C3H7.2CH3.CH2.Hf/c2*1-19(2,3)16-10-4-9-15(13-16)18-12-6-8-14-7-5-11-17(14)18;2*1-3-2;;;;/h2*4-13H,1-3H3;2*1,3H2,2H3;2*1H3;1H2;. The Hall–Kier alpha value is -2.90. The van der Waals surface area contributed by atoms with E-state index < -0.39 is 15.1 Å². The maximum absolute atomic E-state index is 5.90. The van der Waals surface area contributed by atoms with E-state index in [4.69, 9.17) is 4.26 Å². The van der Waals surface area contributed by atoms with Gasteiger partial charge in [-0.15, -0.1) is 0 Å². The zero-order chi connectivity index (χ0) is 34.9. The first-order valence-electron chi connectivity index (χ1n) is 18.7.